The van der Waals surface area contributed by atoms with Gasteiger partial charge in [0.25, 0.3) is 5.91 Å². The topological polar surface area (TPSA) is 131 Å². The summed E-state index contributed by atoms with van der Waals surface area (Å²) in [6.45, 7) is 3.17. The van der Waals surface area contributed by atoms with Crippen LogP contribution in [0.4, 0.5) is 0 Å². The number of sulfonamides is 1. The molecule has 0 spiro atoms. The Kier molecular flexibility index (Phi) is 4.56. The number of carboxylic acids is 1. The summed E-state index contributed by atoms with van der Waals surface area (Å²) >= 11 is 0. The molecule has 1 heterocycles. The zero-order chi connectivity index (χ0) is 15.7. The first-order chi connectivity index (χ1) is 9.06. The number of aromatic nitrogens is 1. The molecule has 0 aliphatic heterocycles. The maximum absolute atomic E-state index is 12.1. The quantitative estimate of drug-likeness (QED) is 0.652. The van der Waals surface area contributed by atoms with Gasteiger partial charge in [0, 0.05) is 13.2 Å². The minimum absolute atomic E-state index is 0.0156. The molecule has 1 rings (SSSR count). The summed E-state index contributed by atoms with van der Waals surface area (Å²) in [5, 5.41) is 9.00. The van der Waals surface area contributed by atoms with Gasteiger partial charge in [-0.05, 0) is 12.0 Å². The highest BCUT2D eigenvalue weighted by Crippen LogP contribution is 2.15. The van der Waals surface area contributed by atoms with Crippen LogP contribution in [0, 0.1) is 5.92 Å². The van der Waals surface area contributed by atoms with Gasteiger partial charge in [-0.15, -0.1) is 0 Å². The van der Waals surface area contributed by atoms with Crippen LogP contribution in [0.3, 0.4) is 0 Å². The van der Waals surface area contributed by atoms with E-state index in [1.807, 2.05) is 0 Å². The number of hydrogen-bond donors (Lipinski definition) is 3. The molecule has 1 aromatic heterocycles. The Hall–Kier alpha value is -1.87. The molecule has 1 atom stereocenters. The van der Waals surface area contributed by atoms with Crippen LogP contribution in [0.15, 0.2) is 17.2 Å². The number of aliphatic carboxylic acids is 1. The van der Waals surface area contributed by atoms with Crippen molar-refractivity contribution in [3.05, 3.63) is 18.0 Å². The molecule has 0 saturated carbocycles. The van der Waals surface area contributed by atoms with Crippen LogP contribution in [0.2, 0.25) is 0 Å². The fourth-order valence-electron chi connectivity index (χ4n) is 1.63. The normalized spacial score (nSPS) is 13.4. The Balaban J connectivity index is 3.14. The molecule has 0 fully saturated rings. The first kappa shape index (κ1) is 16.2. The molecule has 1 aromatic rings. The molecule has 112 valence electrons. The van der Waals surface area contributed by atoms with E-state index in [4.69, 9.17) is 10.8 Å². The van der Waals surface area contributed by atoms with E-state index in [1.54, 1.807) is 13.8 Å². The van der Waals surface area contributed by atoms with Crippen LogP contribution in [0.1, 0.15) is 24.3 Å². The summed E-state index contributed by atoms with van der Waals surface area (Å²) in [6.07, 6.45) is 1.20. The maximum atomic E-state index is 12.1. The number of nitrogens with two attached hydrogens (primary N) is 1. The average molecular weight is 303 g/mol. The molecule has 8 nitrogen and oxygen atoms in total. The molecule has 4 N–H and O–H groups in total. The second-order valence-corrected chi connectivity index (χ2v) is 6.43. The number of nitrogens with zero attached hydrogens (tertiary/aromatic N) is 1. The SMILES string of the molecule is CC(C)[C@H](NS(=O)(=O)c1cc(C(N)=O)n(C)c1)C(=O)O. The lowest BCUT2D eigenvalue weighted by molar-refractivity contribution is -0.140. The summed E-state index contributed by atoms with van der Waals surface area (Å²) in [5.74, 6) is -2.47. The van der Waals surface area contributed by atoms with Crippen molar-refractivity contribution in [3.8, 4) is 0 Å². The zero-order valence-electron chi connectivity index (χ0n) is 11.3. The Bertz CT molecular complexity index is 632. The predicted octanol–water partition coefficient (Wildman–Crippen LogP) is -0.488. The van der Waals surface area contributed by atoms with Crippen molar-refractivity contribution in [2.24, 2.45) is 18.7 Å². The highest BCUT2D eigenvalue weighted by atomic mass is 32.2. The lowest BCUT2D eigenvalue weighted by Crippen LogP contribution is -2.44. The van der Waals surface area contributed by atoms with Crippen molar-refractivity contribution in [2.45, 2.75) is 24.8 Å². The minimum Gasteiger partial charge on any atom is -0.480 e. The fraction of sp³-hybridized carbons (Fsp3) is 0.455. The molecule has 0 saturated heterocycles. The number of aryl methyl sites for hydroxylation is 1. The summed E-state index contributed by atoms with van der Waals surface area (Å²) in [5.41, 5.74) is 5.12. The van der Waals surface area contributed by atoms with Crippen LogP contribution >= 0.6 is 0 Å². The number of hydrogen-bond acceptors (Lipinski definition) is 4. The van der Waals surface area contributed by atoms with Crippen LogP contribution in [0.5, 0.6) is 0 Å². The van der Waals surface area contributed by atoms with E-state index in [1.165, 1.54) is 17.8 Å². The number of carbonyl (C=O) groups is 2. The molecule has 0 unspecified atom stereocenters. The fourth-order valence-corrected chi connectivity index (χ4v) is 3.04. The Morgan fingerprint density at radius 1 is 1.40 bits per heavy atom. The van der Waals surface area contributed by atoms with Gasteiger partial charge < -0.3 is 15.4 Å². The number of carboxylic acid groups (broad SMARTS) is 1. The van der Waals surface area contributed by atoms with Gasteiger partial charge in [-0.3, -0.25) is 9.59 Å². The third kappa shape index (κ3) is 3.36. The van der Waals surface area contributed by atoms with E-state index in [2.05, 4.69) is 4.72 Å². The number of carbonyl (C=O) groups excluding carboxylic acids is 1. The predicted molar refractivity (Wildman–Crippen MR) is 70.5 cm³/mol. The standard InChI is InChI=1S/C11H17N3O5S/c1-6(2)9(11(16)17)13-20(18,19)7-4-8(10(12)15)14(3)5-7/h4-6,9,13H,1-3H3,(H2,12,15)(H,16,17)/t9-/m0/s1. The first-order valence-corrected chi connectivity index (χ1v) is 7.26. The third-order valence-corrected chi connectivity index (χ3v) is 4.17. The second kappa shape index (κ2) is 5.63. The molecule has 0 radical (unpaired) electrons. The van der Waals surface area contributed by atoms with Crippen LogP contribution in [-0.4, -0.2) is 36.0 Å². The third-order valence-electron chi connectivity index (χ3n) is 2.76. The summed E-state index contributed by atoms with van der Waals surface area (Å²) < 4.78 is 27.6. The van der Waals surface area contributed by atoms with Gasteiger partial charge in [0.15, 0.2) is 0 Å². The van der Waals surface area contributed by atoms with E-state index >= 15 is 0 Å². The lowest BCUT2D eigenvalue weighted by Gasteiger charge is -2.17. The van der Waals surface area contributed by atoms with Crippen molar-refractivity contribution in [1.82, 2.24) is 9.29 Å². The van der Waals surface area contributed by atoms with Gasteiger partial charge in [-0.2, -0.15) is 4.72 Å². The second-order valence-electron chi connectivity index (χ2n) is 4.72. The van der Waals surface area contributed by atoms with Gasteiger partial charge in [-0.25, -0.2) is 8.42 Å². The molecular weight excluding hydrogens is 286 g/mol. The Labute approximate surface area is 116 Å². The van der Waals surface area contributed by atoms with E-state index in [0.29, 0.717) is 0 Å². The van der Waals surface area contributed by atoms with Crippen LogP contribution < -0.4 is 10.5 Å². The monoisotopic (exact) mass is 303 g/mol. The summed E-state index contributed by atoms with van der Waals surface area (Å²) in [4.78, 5) is 21.9. The smallest absolute Gasteiger partial charge is 0.322 e. The number of amides is 1. The van der Waals surface area contributed by atoms with E-state index in [0.717, 1.165) is 6.07 Å². The number of primary amides is 1. The van der Waals surface area contributed by atoms with Crippen molar-refractivity contribution in [1.29, 1.82) is 0 Å². The zero-order valence-corrected chi connectivity index (χ0v) is 12.1. The minimum atomic E-state index is -4.04. The van der Waals surface area contributed by atoms with E-state index in [-0.39, 0.29) is 10.6 Å². The van der Waals surface area contributed by atoms with Crippen LogP contribution in [-0.2, 0) is 21.9 Å². The molecular formula is C11H17N3O5S. The van der Waals surface area contributed by atoms with E-state index in [9.17, 15) is 18.0 Å². The lowest BCUT2D eigenvalue weighted by atomic mass is 10.1. The van der Waals surface area contributed by atoms with Crippen molar-refractivity contribution >= 4 is 21.9 Å². The molecule has 0 bridgehead atoms. The molecule has 0 aliphatic rings. The van der Waals surface area contributed by atoms with Gasteiger partial charge in [-0.1, -0.05) is 13.8 Å². The summed E-state index contributed by atoms with van der Waals surface area (Å²) in [7, 11) is -2.58. The van der Waals surface area contributed by atoms with Crippen LogP contribution in [0.25, 0.3) is 0 Å². The van der Waals surface area contributed by atoms with Crippen molar-refractivity contribution in [3.63, 3.8) is 0 Å². The molecule has 9 heteroatoms. The van der Waals surface area contributed by atoms with E-state index < -0.39 is 33.9 Å². The average Bonchev–Trinajstić information content (AvgIpc) is 2.68. The molecule has 0 aromatic carbocycles. The van der Waals surface area contributed by atoms with Gasteiger partial charge in [0.1, 0.15) is 16.6 Å². The Morgan fingerprint density at radius 2 is 1.95 bits per heavy atom. The Morgan fingerprint density at radius 3 is 2.30 bits per heavy atom. The first-order valence-electron chi connectivity index (χ1n) is 5.77. The van der Waals surface area contributed by atoms with Gasteiger partial charge >= 0.3 is 5.97 Å². The number of rotatable bonds is 6. The molecule has 20 heavy (non-hydrogen) atoms. The molecule has 0 aliphatic carbocycles. The number of nitrogens with one attached hydrogen (secondary N) is 1. The maximum Gasteiger partial charge on any atom is 0.322 e. The van der Waals surface area contributed by atoms with Crippen molar-refractivity contribution in [2.75, 3.05) is 0 Å². The summed E-state index contributed by atoms with van der Waals surface area (Å²) in [6, 6.07) is -0.151. The molecule has 1 amide bonds. The highest BCUT2D eigenvalue weighted by Gasteiger charge is 2.29. The highest BCUT2D eigenvalue weighted by molar-refractivity contribution is 7.89. The van der Waals surface area contributed by atoms with Crippen molar-refractivity contribution < 1.29 is 23.1 Å². The largest absolute Gasteiger partial charge is 0.480 e. The van der Waals surface area contributed by atoms with Gasteiger partial charge in [0.05, 0.1) is 0 Å². The van der Waals surface area contributed by atoms with Gasteiger partial charge in [0.2, 0.25) is 10.0 Å².